The van der Waals surface area contributed by atoms with Crippen LogP contribution in [0.5, 0.6) is 0 Å². The first-order chi connectivity index (χ1) is 17.9. The van der Waals surface area contributed by atoms with Crippen molar-refractivity contribution in [3.05, 3.63) is 107 Å². The standard InChI is InChI=1S/C28H26FNO7/c29-23-13-11-22(12-14-23)25(31)19-36-27(33)24(30-28(34)37-18-21-9-5-2-6-10-21)15-16-26(32)35-17-20-7-3-1-4-8-20/h1-14,24H,15-19H2,(H,30,34)/t24-/m0/s1. The first-order valence-corrected chi connectivity index (χ1v) is 11.5. The monoisotopic (exact) mass is 507 g/mol. The number of hydrogen-bond donors (Lipinski definition) is 1. The molecule has 0 saturated carbocycles. The Morgan fingerprint density at radius 3 is 1.89 bits per heavy atom. The predicted octanol–water partition coefficient (Wildman–Crippen LogP) is 4.37. The second-order valence-corrected chi connectivity index (χ2v) is 7.98. The summed E-state index contributed by atoms with van der Waals surface area (Å²) in [6.07, 6.45) is -1.23. The molecule has 1 atom stereocenters. The SMILES string of the molecule is O=C(CC[C@H](NC(=O)OCc1ccccc1)C(=O)OCC(=O)c1ccc(F)cc1)OCc1ccccc1. The summed E-state index contributed by atoms with van der Waals surface area (Å²) in [6.45, 7) is -0.593. The number of nitrogens with one attached hydrogen (secondary N) is 1. The van der Waals surface area contributed by atoms with E-state index in [1.54, 1.807) is 36.4 Å². The van der Waals surface area contributed by atoms with Crippen LogP contribution in [0.3, 0.4) is 0 Å². The molecule has 9 heteroatoms. The van der Waals surface area contributed by atoms with Crippen molar-refractivity contribution < 1.29 is 37.8 Å². The largest absolute Gasteiger partial charge is 0.461 e. The van der Waals surface area contributed by atoms with Crippen LogP contribution in [0.2, 0.25) is 0 Å². The number of ether oxygens (including phenoxy) is 3. The molecule has 0 saturated heterocycles. The zero-order valence-electron chi connectivity index (χ0n) is 19.9. The van der Waals surface area contributed by atoms with Crippen molar-refractivity contribution in [1.29, 1.82) is 0 Å². The Labute approximate surface area is 213 Å². The number of ketones is 1. The molecule has 0 radical (unpaired) electrons. The maximum Gasteiger partial charge on any atom is 0.408 e. The molecule has 0 unspecified atom stereocenters. The molecule has 0 aliphatic heterocycles. The zero-order chi connectivity index (χ0) is 26.5. The Morgan fingerprint density at radius 1 is 0.730 bits per heavy atom. The van der Waals surface area contributed by atoms with Crippen LogP contribution in [0, 0.1) is 5.82 Å². The van der Waals surface area contributed by atoms with Gasteiger partial charge in [0.05, 0.1) is 0 Å². The van der Waals surface area contributed by atoms with E-state index in [0.717, 1.165) is 23.3 Å². The first-order valence-electron chi connectivity index (χ1n) is 11.5. The molecule has 8 nitrogen and oxygen atoms in total. The van der Waals surface area contributed by atoms with E-state index < -0.39 is 42.3 Å². The number of alkyl carbamates (subject to hydrolysis) is 1. The second-order valence-electron chi connectivity index (χ2n) is 7.98. The smallest absolute Gasteiger partial charge is 0.408 e. The first kappa shape index (κ1) is 27.1. The van der Waals surface area contributed by atoms with Crippen LogP contribution >= 0.6 is 0 Å². The average Bonchev–Trinajstić information content (AvgIpc) is 2.93. The maximum absolute atomic E-state index is 13.1. The van der Waals surface area contributed by atoms with Crippen LogP contribution in [0.15, 0.2) is 84.9 Å². The van der Waals surface area contributed by atoms with Crippen LogP contribution in [0.25, 0.3) is 0 Å². The lowest BCUT2D eigenvalue weighted by Gasteiger charge is -2.17. The van der Waals surface area contributed by atoms with Crippen LogP contribution in [0.1, 0.15) is 34.3 Å². The van der Waals surface area contributed by atoms with Gasteiger partial charge in [-0.05, 0) is 41.8 Å². The molecule has 0 aliphatic rings. The summed E-state index contributed by atoms with van der Waals surface area (Å²) >= 11 is 0. The lowest BCUT2D eigenvalue weighted by molar-refractivity contribution is -0.147. The number of hydrogen-bond acceptors (Lipinski definition) is 7. The highest BCUT2D eigenvalue weighted by atomic mass is 19.1. The number of benzene rings is 3. The van der Waals surface area contributed by atoms with Crippen molar-refractivity contribution in [2.45, 2.75) is 32.1 Å². The third-order valence-electron chi connectivity index (χ3n) is 5.18. The molecule has 1 amide bonds. The van der Waals surface area contributed by atoms with E-state index in [9.17, 15) is 23.6 Å². The quantitative estimate of drug-likeness (QED) is 0.220. The molecule has 0 aliphatic carbocycles. The average molecular weight is 508 g/mol. The molecule has 1 N–H and O–H groups in total. The number of Topliss-reactive ketones (excluding diaryl/α,β-unsaturated/α-hetero) is 1. The molecule has 192 valence electrons. The zero-order valence-corrected chi connectivity index (χ0v) is 19.9. The van der Waals surface area contributed by atoms with Crippen molar-refractivity contribution in [3.8, 4) is 0 Å². The third-order valence-corrected chi connectivity index (χ3v) is 5.18. The molecule has 0 aromatic heterocycles. The molecule has 3 aromatic carbocycles. The van der Waals surface area contributed by atoms with Gasteiger partial charge in [-0.1, -0.05) is 60.7 Å². The van der Waals surface area contributed by atoms with Gasteiger partial charge in [-0.3, -0.25) is 9.59 Å². The Balaban J connectivity index is 1.55. The van der Waals surface area contributed by atoms with Crippen LogP contribution in [0.4, 0.5) is 9.18 Å². The highest BCUT2D eigenvalue weighted by Crippen LogP contribution is 2.09. The summed E-state index contributed by atoms with van der Waals surface area (Å²) in [5.41, 5.74) is 1.70. The Kier molecular flexibility index (Phi) is 10.3. The summed E-state index contributed by atoms with van der Waals surface area (Å²) in [5, 5.41) is 2.38. The molecule has 37 heavy (non-hydrogen) atoms. The van der Waals surface area contributed by atoms with Gasteiger partial charge in [-0.15, -0.1) is 0 Å². The van der Waals surface area contributed by atoms with Crippen molar-refractivity contribution in [3.63, 3.8) is 0 Å². The van der Waals surface area contributed by atoms with Gasteiger partial charge >= 0.3 is 18.0 Å². The van der Waals surface area contributed by atoms with E-state index in [0.29, 0.717) is 0 Å². The van der Waals surface area contributed by atoms with Crippen LogP contribution < -0.4 is 5.32 Å². The Morgan fingerprint density at radius 2 is 1.30 bits per heavy atom. The van der Waals surface area contributed by atoms with Gasteiger partial charge in [-0.2, -0.15) is 0 Å². The fraction of sp³-hybridized carbons (Fsp3) is 0.214. The number of amides is 1. The highest BCUT2D eigenvalue weighted by molar-refractivity contribution is 5.98. The van der Waals surface area contributed by atoms with E-state index in [1.807, 2.05) is 24.3 Å². The number of halogens is 1. The van der Waals surface area contributed by atoms with E-state index in [2.05, 4.69) is 5.32 Å². The Bertz CT molecular complexity index is 1180. The van der Waals surface area contributed by atoms with Gasteiger partial charge in [0.15, 0.2) is 12.4 Å². The summed E-state index contributed by atoms with van der Waals surface area (Å²) in [6, 6.07) is 21.5. The fourth-order valence-electron chi connectivity index (χ4n) is 3.18. The molecular weight excluding hydrogens is 481 g/mol. The van der Waals surface area contributed by atoms with Gasteiger partial charge in [-0.25, -0.2) is 14.0 Å². The van der Waals surface area contributed by atoms with Gasteiger partial charge in [0.2, 0.25) is 0 Å². The number of carbonyl (C=O) groups excluding carboxylic acids is 4. The van der Waals surface area contributed by atoms with E-state index in [1.165, 1.54) is 12.1 Å². The number of rotatable bonds is 12. The van der Waals surface area contributed by atoms with E-state index in [-0.39, 0.29) is 31.6 Å². The topological polar surface area (TPSA) is 108 Å². The normalized spacial score (nSPS) is 11.2. The summed E-state index contributed by atoms with van der Waals surface area (Å²) in [7, 11) is 0. The molecule has 3 rings (SSSR count). The second kappa shape index (κ2) is 14.1. The van der Waals surface area contributed by atoms with Gasteiger partial charge < -0.3 is 19.5 Å². The van der Waals surface area contributed by atoms with Gasteiger partial charge in [0.1, 0.15) is 25.1 Å². The van der Waals surface area contributed by atoms with Crippen molar-refractivity contribution >= 4 is 23.8 Å². The summed E-state index contributed by atoms with van der Waals surface area (Å²) < 4.78 is 28.5. The molecule has 0 fully saturated rings. The van der Waals surface area contributed by atoms with Crippen LogP contribution in [-0.4, -0.2) is 36.5 Å². The molecule has 0 spiro atoms. The third kappa shape index (κ3) is 9.56. The maximum atomic E-state index is 13.1. The van der Waals surface area contributed by atoms with Gasteiger partial charge in [0, 0.05) is 12.0 Å². The lowest BCUT2D eigenvalue weighted by Crippen LogP contribution is -2.43. The minimum absolute atomic E-state index is 0.0311. The van der Waals surface area contributed by atoms with Gasteiger partial charge in [0.25, 0.3) is 0 Å². The highest BCUT2D eigenvalue weighted by Gasteiger charge is 2.25. The molecule has 3 aromatic rings. The van der Waals surface area contributed by atoms with E-state index in [4.69, 9.17) is 14.2 Å². The molecule has 0 bridgehead atoms. The van der Waals surface area contributed by atoms with Crippen molar-refractivity contribution in [2.24, 2.45) is 0 Å². The lowest BCUT2D eigenvalue weighted by atomic mass is 10.1. The van der Waals surface area contributed by atoms with Crippen molar-refractivity contribution in [2.75, 3.05) is 6.61 Å². The minimum Gasteiger partial charge on any atom is -0.461 e. The predicted molar refractivity (Wildman–Crippen MR) is 131 cm³/mol. The van der Waals surface area contributed by atoms with E-state index >= 15 is 0 Å². The fourth-order valence-corrected chi connectivity index (χ4v) is 3.18. The molecule has 0 heterocycles. The minimum atomic E-state index is -1.27. The van der Waals surface area contributed by atoms with Crippen molar-refractivity contribution in [1.82, 2.24) is 5.32 Å². The number of carbonyl (C=O) groups is 4. The number of esters is 2. The summed E-state index contributed by atoms with van der Waals surface area (Å²) in [5.74, 6) is -2.57. The summed E-state index contributed by atoms with van der Waals surface area (Å²) in [4.78, 5) is 49.5. The molecular formula is C28H26FNO7. The van der Waals surface area contributed by atoms with Crippen LogP contribution in [-0.2, 0) is 37.0 Å². The Hall–Kier alpha value is -4.53.